The van der Waals surface area contributed by atoms with Crippen molar-refractivity contribution in [1.29, 1.82) is 0 Å². The van der Waals surface area contributed by atoms with Crippen molar-refractivity contribution < 1.29 is 9.53 Å². The molecule has 0 amide bonds. The smallest absolute Gasteiger partial charge is 0.164 e. The molecule has 0 saturated heterocycles. The van der Waals surface area contributed by atoms with Crippen molar-refractivity contribution in [3.8, 4) is 5.75 Å². The Kier molecular flexibility index (Phi) is 5.81. The quantitative estimate of drug-likeness (QED) is 0.495. The number of carbonyl (C=O) groups is 1. The molecule has 0 heterocycles. The van der Waals surface area contributed by atoms with Gasteiger partial charge < -0.3 is 10.1 Å². The fourth-order valence-corrected chi connectivity index (χ4v) is 2.98. The molecule has 3 nitrogen and oxygen atoms in total. The molecule has 0 fully saturated rings. The first-order chi connectivity index (χ1) is 12.3. The zero-order chi connectivity index (χ0) is 17.5. The zero-order valence-corrected chi connectivity index (χ0v) is 14.5. The first-order valence-corrected chi connectivity index (χ1v) is 8.62. The molecule has 3 aromatic carbocycles. The van der Waals surface area contributed by atoms with Crippen molar-refractivity contribution in [2.75, 3.05) is 20.2 Å². The summed E-state index contributed by atoms with van der Waals surface area (Å²) in [6.45, 7) is 1.56. The first kappa shape index (κ1) is 17.2. The third-order valence-corrected chi connectivity index (χ3v) is 4.39. The van der Waals surface area contributed by atoms with Gasteiger partial charge in [0.2, 0.25) is 0 Å². The van der Waals surface area contributed by atoms with E-state index in [1.54, 1.807) is 7.11 Å². The predicted molar refractivity (Wildman–Crippen MR) is 102 cm³/mol. The lowest BCUT2D eigenvalue weighted by molar-refractivity contribution is 0.0982. The van der Waals surface area contributed by atoms with Gasteiger partial charge in [0.1, 0.15) is 5.75 Å². The van der Waals surface area contributed by atoms with Crippen LogP contribution in [0.2, 0.25) is 0 Å². The van der Waals surface area contributed by atoms with Crippen molar-refractivity contribution in [1.82, 2.24) is 5.32 Å². The lowest BCUT2D eigenvalue weighted by Gasteiger charge is -2.08. The van der Waals surface area contributed by atoms with Gasteiger partial charge in [-0.3, -0.25) is 4.79 Å². The van der Waals surface area contributed by atoms with E-state index in [9.17, 15) is 4.79 Å². The summed E-state index contributed by atoms with van der Waals surface area (Å²) in [7, 11) is 1.62. The highest BCUT2D eigenvalue weighted by Crippen LogP contribution is 2.18. The van der Waals surface area contributed by atoms with E-state index >= 15 is 0 Å². The van der Waals surface area contributed by atoms with Crippen LogP contribution < -0.4 is 10.1 Å². The molecule has 1 N–H and O–H groups in total. The van der Waals surface area contributed by atoms with Crippen molar-refractivity contribution in [3.63, 3.8) is 0 Å². The number of nitrogens with one attached hydrogen (secondary N) is 1. The molecule has 25 heavy (non-hydrogen) atoms. The van der Waals surface area contributed by atoms with Crippen LogP contribution >= 0.6 is 0 Å². The highest BCUT2D eigenvalue weighted by Gasteiger charge is 2.06. The Morgan fingerprint density at radius 2 is 1.68 bits per heavy atom. The van der Waals surface area contributed by atoms with Gasteiger partial charge >= 0.3 is 0 Å². The molecule has 0 saturated carbocycles. The summed E-state index contributed by atoms with van der Waals surface area (Å²) < 4.78 is 5.11. The van der Waals surface area contributed by atoms with Gasteiger partial charge in [0.25, 0.3) is 0 Å². The molecular weight excluding hydrogens is 310 g/mol. The molecule has 0 atom stereocenters. The Morgan fingerprint density at radius 3 is 2.48 bits per heavy atom. The van der Waals surface area contributed by atoms with Gasteiger partial charge in [0.15, 0.2) is 5.78 Å². The van der Waals surface area contributed by atoms with Gasteiger partial charge in [-0.1, -0.05) is 42.5 Å². The van der Waals surface area contributed by atoms with Crippen LogP contribution in [0.1, 0.15) is 22.3 Å². The van der Waals surface area contributed by atoms with Crippen LogP contribution in [-0.4, -0.2) is 26.0 Å². The van der Waals surface area contributed by atoms with Crippen LogP contribution in [0.4, 0.5) is 0 Å². The summed E-state index contributed by atoms with van der Waals surface area (Å²) in [5.74, 6) is 0.921. The number of hydrogen-bond donors (Lipinski definition) is 1. The predicted octanol–water partition coefficient (Wildman–Crippen LogP) is 4.25. The van der Waals surface area contributed by atoms with Crippen molar-refractivity contribution >= 4 is 16.6 Å². The van der Waals surface area contributed by atoms with Crippen molar-refractivity contribution in [2.24, 2.45) is 0 Å². The molecule has 0 aliphatic carbocycles. The Morgan fingerprint density at radius 1 is 0.920 bits per heavy atom. The summed E-state index contributed by atoms with van der Waals surface area (Å²) in [6, 6.07) is 22.1. The van der Waals surface area contributed by atoms with E-state index in [1.165, 1.54) is 16.3 Å². The van der Waals surface area contributed by atoms with Crippen LogP contribution in [0.3, 0.4) is 0 Å². The Bertz CT molecular complexity index is 835. The summed E-state index contributed by atoms with van der Waals surface area (Å²) in [5, 5.41) is 5.96. The van der Waals surface area contributed by atoms with E-state index in [0.717, 1.165) is 24.3 Å². The summed E-state index contributed by atoms with van der Waals surface area (Å²) in [6.07, 6.45) is 1.46. The molecule has 0 unspecified atom stereocenters. The minimum absolute atomic E-state index is 0.153. The van der Waals surface area contributed by atoms with Crippen LogP contribution in [0.5, 0.6) is 5.75 Å². The second kappa shape index (κ2) is 8.45. The Balaban J connectivity index is 1.46. The number of rotatable bonds is 8. The molecule has 0 aliphatic rings. The number of fused-ring (bicyclic) bond motifs is 1. The number of carbonyl (C=O) groups excluding carboxylic acids is 1. The standard InChI is InChI=1S/C22H23NO2/c1-25-20-11-9-19(10-12-20)22(24)14-16-23-15-13-18-7-4-6-17-5-2-3-8-21(17)18/h2-12,23H,13-16H2,1H3. The van der Waals surface area contributed by atoms with Gasteiger partial charge in [-0.25, -0.2) is 0 Å². The number of ketones is 1. The van der Waals surface area contributed by atoms with Crippen molar-refractivity contribution in [3.05, 3.63) is 77.9 Å². The van der Waals surface area contributed by atoms with Crippen LogP contribution in [0.25, 0.3) is 10.8 Å². The van der Waals surface area contributed by atoms with E-state index < -0.39 is 0 Å². The topological polar surface area (TPSA) is 38.3 Å². The van der Waals surface area contributed by atoms with Crippen LogP contribution in [-0.2, 0) is 6.42 Å². The fourth-order valence-electron chi connectivity index (χ4n) is 2.98. The number of hydrogen-bond acceptors (Lipinski definition) is 3. The van der Waals surface area contributed by atoms with Gasteiger partial charge in [0.05, 0.1) is 7.11 Å². The Labute approximate surface area is 148 Å². The number of Topliss-reactive ketones (excluding diaryl/α,β-unsaturated/α-hetero) is 1. The van der Waals surface area contributed by atoms with Gasteiger partial charge in [-0.2, -0.15) is 0 Å². The maximum absolute atomic E-state index is 12.2. The minimum atomic E-state index is 0.153. The first-order valence-electron chi connectivity index (χ1n) is 8.62. The van der Waals surface area contributed by atoms with E-state index in [4.69, 9.17) is 4.74 Å². The zero-order valence-electron chi connectivity index (χ0n) is 14.5. The van der Waals surface area contributed by atoms with Crippen LogP contribution in [0, 0.1) is 0 Å². The van der Waals surface area contributed by atoms with Crippen LogP contribution in [0.15, 0.2) is 66.7 Å². The van der Waals surface area contributed by atoms with Gasteiger partial charge in [-0.15, -0.1) is 0 Å². The maximum Gasteiger partial charge on any atom is 0.164 e. The average Bonchev–Trinajstić information content (AvgIpc) is 2.67. The number of ether oxygens (including phenoxy) is 1. The fraction of sp³-hybridized carbons (Fsp3) is 0.227. The average molecular weight is 333 g/mol. The molecule has 0 spiro atoms. The lowest BCUT2D eigenvalue weighted by Crippen LogP contribution is -2.21. The minimum Gasteiger partial charge on any atom is -0.497 e. The second-order valence-corrected chi connectivity index (χ2v) is 6.04. The highest BCUT2D eigenvalue weighted by molar-refractivity contribution is 5.96. The van der Waals surface area contributed by atoms with E-state index in [-0.39, 0.29) is 5.78 Å². The number of methoxy groups -OCH3 is 1. The van der Waals surface area contributed by atoms with E-state index in [0.29, 0.717) is 13.0 Å². The summed E-state index contributed by atoms with van der Waals surface area (Å²) in [5.41, 5.74) is 2.07. The maximum atomic E-state index is 12.2. The molecule has 3 rings (SSSR count). The summed E-state index contributed by atoms with van der Waals surface area (Å²) in [4.78, 5) is 12.2. The molecule has 0 aliphatic heterocycles. The molecule has 0 bridgehead atoms. The van der Waals surface area contributed by atoms with E-state index in [1.807, 2.05) is 24.3 Å². The molecule has 3 heteroatoms. The third-order valence-electron chi connectivity index (χ3n) is 4.39. The highest BCUT2D eigenvalue weighted by atomic mass is 16.5. The monoisotopic (exact) mass is 333 g/mol. The molecular formula is C22H23NO2. The molecule has 3 aromatic rings. The Hall–Kier alpha value is -2.65. The lowest BCUT2D eigenvalue weighted by atomic mass is 10.0. The SMILES string of the molecule is COc1ccc(C(=O)CCNCCc2cccc3ccccc23)cc1. The van der Waals surface area contributed by atoms with Crippen molar-refractivity contribution in [2.45, 2.75) is 12.8 Å². The van der Waals surface area contributed by atoms with Gasteiger partial charge in [0, 0.05) is 18.5 Å². The molecule has 0 aromatic heterocycles. The number of benzene rings is 3. The molecule has 128 valence electrons. The second-order valence-electron chi connectivity index (χ2n) is 6.04. The largest absolute Gasteiger partial charge is 0.497 e. The van der Waals surface area contributed by atoms with E-state index in [2.05, 4.69) is 47.8 Å². The normalized spacial score (nSPS) is 10.8. The van der Waals surface area contributed by atoms with Gasteiger partial charge in [-0.05, 0) is 53.6 Å². The molecule has 0 radical (unpaired) electrons. The summed E-state index contributed by atoms with van der Waals surface area (Å²) >= 11 is 0. The third kappa shape index (κ3) is 4.46.